The predicted molar refractivity (Wildman–Crippen MR) is 45.7 cm³/mol. The number of unbranched alkanes of at least 4 members (excludes halogenated alkanes) is 1. The van der Waals surface area contributed by atoms with Gasteiger partial charge in [-0.05, 0) is 26.3 Å². The smallest absolute Gasteiger partial charge is 0.0248 e. The fraction of sp³-hybridized carbons (Fsp3) is 0.750. The van der Waals surface area contributed by atoms with E-state index in [2.05, 4.69) is 6.58 Å². The molecule has 0 aliphatic carbocycles. The molecule has 0 bridgehead atoms. The Morgan fingerprint density at radius 2 is 2.10 bits per heavy atom. The van der Waals surface area contributed by atoms with Crippen molar-refractivity contribution in [2.24, 2.45) is 11.5 Å². The van der Waals surface area contributed by atoms with E-state index in [-0.39, 0.29) is 6.04 Å². The molecule has 2 heteroatoms. The Kier molecular flexibility index (Phi) is 5.26. The standard InChI is InChI=1S/C8H18N2/c1-7(2)8(10)5-3-4-6-9/h8H,1,3-6,9-10H2,2H3. The summed E-state index contributed by atoms with van der Waals surface area (Å²) >= 11 is 0. The molecular weight excluding hydrogens is 124 g/mol. The van der Waals surface area contributed by atoms with Crippen molar-refractivity contribution in [3.63, 3.8) is 0 Å². The Morgan fingerprint density at radius 3 is 2.50 bits per heavy atom. The summed E-state index contributed by atoms with van der Waals surface area (Å²) in [6.45, 7) is 6.51. The normalized spacial score (nSPS) is 13.1. The second-order valence-electron chi connectivity index (χ2n) is 2.74. The van der Waals surface area contributed by atoms with Gasteiger partial charge in [0.15, 0.2) is 0 Å². The maximum Gasteiger partial charge on any atom is 0.0248 e. The van der Waals surface area contributed by atoms with Crippen LogP contribution >= 0.6 is 0 Å². The number of rotatable bonds is 5. The van der Waals surface area contributed by atoms with Gasteiger partial charge in [0.2, 0.25) is 0 Å². The highest BCUT2D eigenvalue weighted by molar-refractivity contribution is 4.99. The minimum Gasteiger partial charge on any atom is -0.330 e. The van der Waals surface area contributed by atoms with Crippen LogP contribution in [0, 0.1) is 0 Å². The molecule has 1 unspecified atom stereocenters. The molecule has 0 aromatic heterocycles. The molecule has 0 aliphatic rings. The van der Waals surface area contributed by atoms with Crippen LogP contribution in [0.1, 0.15) is 26.2 Å². The van der Waals surface area contributed by atoms with Crippen molar-refractivity contribution in [1.82, 2.24) is 0 Å². The van der Waals surface area contributed by atoms with Crippen LogP contribution in [0.2, 0.25) is 0 Å². The van der Waals surface area contributed by atoms with Gasteiger partial charge < -0.3 is 11.5 Å². The van der Waals surface area contributed by atoms with Crippen LogP contribution < -0.4 is 11.5 Å². The molecule has 0 rings (SSSR count). The quantitative estimate of drug-likeness (QED) is 0.445. The van der Waals surface area contributed by atoms with E-state index in [1.54, 1.807) is 0 Å². The molecule has 60 valence electrons. The van der Waals surface area contributed by atoms with Crippen LogP contribution in [0.15, 0.2) is 12.2 Å². The van der Waals surface area contributed by atoms with Crippen molar-refractivity contribution >= 4 is 0 Å². The zero-order valence-electron chi connectivity index (χ0n) is 6.77. The number of nitrogens with two attached hydrogens (primary N) is 2. The van der Waals surface area contributed by atoms with E-state index in [0.29, 0.717) is 0 Å². The lowest BCUT2D eigenvalue weighted by Gasteiger charge is -2.09. The van der Waals surface area contributed by atoms with Gasteiger partial charge in [-0.15, -0.1) is 0 Å². The number of hydrogen-bond acceptors (Lipinski definition) is 2. The fourth-order valence-corrected chi connectivity index (χ4v) is 0.755. The summed E-state index contributed by atoms with van der Waals surface area (Å²) in [5, 5.41) is 0. The van der Waals surface area contributed by atoms with Gasteiger partial charge in [-0.2, -0.15) is 0 Å². The van der Waals surface area contributed by atoms with Crippen LogP contribution in [-0.2, 0) is 0 Å². The lowest BCUT2D eigenvalue weighted by molar-refractivity contribution is 0.619. The lowest BCUT2D eigenvalue weighted by Crippen LogP contribution is -2.20. The highest BCUT2D eigenvalue weighted by Crippen LogP contribution is 2.04. The Labute approximate surface area is 63.3 Å². The topological polar surface area (TPSA) is 52.0 Å². The largest absolute Gasteiger partial charge is 0.330 e. The second-order valence-corrected chi connectivity index (χ2v) is 2.74. The van der Waals surface area contributed by atoms with Crippen molar-refractivity contribution < 1.29 is 0 Å². The molecule has 0 saturated carbocycles. The molecule has 0 amide bonds. The summed E-state index contributed by atoms with van der Waals surface area (Å²) in [4.78, 5) is 0. The molecule has 0 aliphatic heterocycles. The molecule has 0 aromatic rings. The molecule has 0 heterocycles. The van der Waals surface area contributed by atoms with E-state index in [1.165, 1.54) is 0 Å². The molecule has 4 N–H and O–H groups in total. The first kappa shape index (κ1) is 9.66. The monoisotopic (exact) mass is 142 g/mol. The molecule has 0 saturated heterocycles. The third-order valence-corrected chi connectivity index (χ3v) is 1.60. The zero-order valence-corrected chi connectivity index (χ0v) is 6.77. The van der Waals surface area contributed by atoms with Crippen LogP contribution in [0.25, 0.3) is 0 Å². The highest BCUT2D eigenvalue weighted by atomic mass is 14.6. The van der Waals surface area contributed by atoms with E-state index in [0.717, 1.165) is 31.4 Å². The van der Waals surface area contributed by atoms with E-state index in [1.807, 2.05) is 6.92 Å². The van der Waals surface area contributed by atoms with Gasteiger partial charge in [0.1, 0.15) is 0 Å². The van der Waals surface area contributed by atoms with Crippen LogP contribution in [0.5, 0.6) is 0 Å². The zero-order chi connectivity index (χ0) is 7.98. The molecule has 2 nitrogen and oxygen atoms in total. The van der Waals surface area contributed by atoms with Gasteiger partial charge in [-0.3, -0.25) is 0 Å². The average Bonchev–Trinajstić information content (AvgIpc) is 1.88. The van der Waals surface area contributed by atoms with Gasteiger partial charge in [0.05, 0.1) is 0 Å². The number of hydrogen-bond donors (Lipinski definition) is 2. The third kappa shape index (κ3) is 4.53. The maximum absolute atomic E-state index is 5.72. The van der Waals surface area contributed by atoms with Crippen molar-refractivity contribution in [2.45, 2.75) is 32.2 Å². The maximum atomic E-state index is 5.72. The minimum atomic E-state index is 0.173. The summed E-state index contributed by atoms with van der Waals surface area (Å²) in [6, 6.07) is 0.173. The van der Waals surface area contributed by atoms with Crippen molar-refractivity contribution in [1.29, 1.82) is 0 Å². The summed E-state index contributed by atoms with van der Waals surface area (Å²) < 4.78 is 0. The first-order chi connectivity index (χ1) is 4.68. The van der Waals surface area contributed by atoms with Gasteiger partial charge in [0, 0.05) is 6.04 Å². The first-order valence-electron chi connectivity index (χ1n) is 3.79. The molecule has 0 fully saturated rings. The molecule has 10 heavy (non-hydrogen) atoms. The van der Waals surface area contributed by atoms with Gasteiger partial charge in [-0.1, -0.05) is 18.6 Å². The van der Waals surface area contributed by atoms with Crippen molar-refractivity contribution in [3.05, 3.63) is 12.2 Å². The van der Waals surface area contributed by atoms with E-state index < -0.39 is 0 Å². The minimum absolute atomic E-state index is 0.173. The Balaban J connectivity index is 3.21. The molecular formula is C8H18N2. The predicted octanol–water partition coefficient (Wildman–Crippen LogP) is 1.02. The van der Waals surface area contributed by atoms with Gasteiger partial charge in [-0.25, -0.2) is 0 Å². The highest BCUT2D eigenvalue weighted by Gasteiger charge is 2.00. The van der Waals surface area contributed by atoms with E-state index >= 15 is 0 Å². The van der Waals surface area contributed by atoms with E-state index in [9.17, 15) is 0 Å². The summed E-state index contributed by atoms with van der Waals surface area (Å²) in [5.74, 6) is 0. The van der Waals surface area contributed by atoms with Crippen LogP contribution in [0.3, 0.4) is 0 Å². The first-order valence-corrected chi connectivity index (χ1v) is 3.79. The molecule has 0 spiro atoms. The van der Waals surface area contributed by atoms with Gasteiger partial charge in [0.25, 0.3) is 0 Å². The van der Waals surface area contributed by atoms with E-state index in [4.69, 9.17) is 11.5 Å². The average molecular weight is 142 g/mol. The SMILES string of the molecule is C=C(C)C(N)CCCCN. The van der Waals surface area contributed by atoms with Crippen molar-refractivity contribution in [2.75, 3.05) is 6.54 Å². The van der Waals surface area contributed by atoms with Gasteiger partial charge >= 0.3 is 0 Å². The second kappa shape index (κ2) is 5.45. The fourth-order valence-electron chi connectivity index (χ4n) is 0.755. The molecule has 0 radical (unpaired) electrons. The summed E-state index contributed by atoms with van der Waals surface area (Å²) in [6.07, 6.45) is 3.21. The Hall–Kier alpha value is -0.340. The Morgan fingerprint density at radius 1 is 1.50 bits per heavy atom. The Bertz CT molecular complexity index is 99.4. The molecule has 0 aromatic carbocycles. The van der Waals surface area contributed by atoms with Crippen LogP contribution in [-0.4, -0.2) is 12.6 Å². The lowest BCUT2D eigenvalue weighted by atomic mass is 10.1. The van der Waals surface area contributed by atoms with Crippen molar-refractivity contribution in [3.8, 4) is 0 Å². The third-order valence-electron chi connectivity index (χ3n) is 1.60. The summed E-state index contributed by atoms with van der Waals surface area (Å²) in [5.41, 5.74) is 12.1. The van der Waals surface area contributed by atoms with Crippen LogP contribution in [0.4, 0.5) is 0 Å². The summed E-state index contributed by atoms with van der Waals surface area (Å²) in [7, 11) is 0. The molecule has 1 atom stereocenters.